The van der Waals surface area contributed by atoms with Gasteiger partial charge in [0.25, 0.3) is 0 Å². The molecule has 2 aromatic rings. The van der Waals surface area contributed by atoms with Crippen molar-refractivity contribution in [3.05, 3.63) is 47.8 Å². The molecule has 1 aromatic heterocycles. The standard InChI is InChI=1S/C21H22F3N3O2/c1-27-10-9-20(19(27)28)8-7-16(26-20)17-11-15(18(29-2)12-25-17)13-3-5-14(6-4-13)21(22,23)24/h3-6,11-12,16,26H,7-10H2,1-2H3/t16-,20-/m0/s1. The smallest absolute Gasteiger partial charge is 0.416 e. The molecule has 2 fully saturated rings. The Hall–Kier alpha value is -2.61. The number of carbonyl (C=O) groups excluding carboxylic acids is 1. The number of aromatic nitrogens is 1. The third-order valence-corrected chi connectivity index (χ3v) is 5.93. The van der Waals surface area contributed by atoms with Gasteiger partial charge in [0, 0.05) is 19.2 Å². The summed E-state index contributed by atoms with van der Waals surface area (Å²) in [6.07, 6.45) is -0.525. The van der Waals surface area contributed by atoms with Crippen molar-refractivity contribution in [2.75, 3.05) is 20.7 Å². The summed E-state index contributed by atoms with van der Waals surface area (Å²) >= 11 is 0. The van der Waals surface area contributed by atoms with Crippen LogP contribution in [-0.4, -0.2) is 42.0 Å². The van der Waals surface area contributed by atoms with Gasteiger partial charge in [0.1, 0.15) is 11.3 Å². The molecule has 0 unspecified atom stereocenters. The zero-order valence-corrected chi connectivity index (χ0v) is 16.2. The number of likely N-dealkylation sites (N-methyl/N-ethyl adjacent to an activating group) is 1. The summed E-state index contributed by atoms with van der Waals surface area (Å²) in [6.45, 7) is 0.728. The lowest BCUT2D eigenvalue weighted by Gasteiger charge is -2.23. The third-order valence-electron chi connectivity index (χ3n) is 5.93. The fourth-order valence-corrected chi connectivity index (χ4v) is 4.27. The summed E-state index contributed by atoms with van der Waals surface area (Å²) in [4.78, 5) is 18.8. The van der Waals surface area contributed by atoms with Crippen LogP contribution in [0.2, 0.25) is 0 Å². The molecule has 2 aliphatic rings. The van der Waals surface area contributed by atoms with E-state index < -0.39 is 17.3 Å². The summed E-state index contributed by atoms with van der Waals surface area (Å²) in [5.74, 6) is 0.592. The molecule has 1 spiro atoms. The number of methoxy groups -OCH3 is 1. The molecule has 1 N–H and O–H groups in total. The van der Waals surface area contributed by atoms with Gasteiger partial charge < -0.3 is 9.64 Å². The summed E-state index contributed by atoms with van der Waals surface area (Å²) in [5.41, 5.74) is 0.805. The van der Waals surface area contributed by atoms with Gasteiger partial charge in [0.05, 0.1) is 30.6 Å². The SMILES string of the molecule is COc1cnc([C@@H]2CC[C@@]3(CCN(C)C3=O)N2)cc1-c1ccc(C(F)(F)F)cc1. The molecular weight excluding hydrogens is 383 g/mol. The third kappa shape index (κ3) is 3.46. The molecule has 1 amide bonds. The van der Waals surface area contributed by atoms with Gasteiger partial charge in [-0.05, 0) is 43.0 Å². The second-order valence-corrected chi connectivity index (χ2v) is 7.68. The Labute approximate surface area is 166 Å². The minimum absolute atomic E-state index is 0.0930. The van der Waals surface area contributed by atoms with Crippen molar-refractivity contribution < 1.29 is 22.7 Å². The second kappa shape index (κ2) is 7.02. The number of nitrogens with zero attached hydrogens (tertiary/aromatic N) is 2. The Kier molecular flexibility index (Phi) is 4.77. The van der Waals surface area contributed by atoms with Crippen LogP contribution in [-0.2, 0) is 11.0 Å². The highest BCUT2D eigenvalue weighted by Gasteiger charge is 2.50. The second-order valence-electron chi connectivity index (χ2n) is 7.68. The van der Waals surface area contributed by atoms with Crippen LogP contribution in [0.3, 0.4) is 0 Å². The molecular formula is C21H22F3N3O2. The number of pyridine rings is 1. The summed E-state index contributed by atoms with van der Waals surface area (Å²) in [7, 11) is 3.31. The topological polar surface area (TPSA) is 54.5 Å². The molecule has 0 saturated carbocycles. The number of nitrogens with one attached hydrogen (secondary N) is 1. The van der Waals surface area contributed by atoms with Crippen LogP contribution >= 0.6 is 0 Å². The van der Waals surface area contributed by atoms with Crippen molar-refractivity contribution in [2.24, 2.45) is 0 Å². The van der Waals surface area contributed by atoms with Crippen LogP contribution in [0, 0.1) is 0 Å². The lowest BCUT2D eigenvalue weighted by Crippen LogP contribution is -2.47. The molecule has 4 rings (SSSR count). The van der Waals surface area contributed by atoms with Crippen molar-refractivity contribution in [1.82, 2.24) is 15.2 Å². The van der Waals surface area contributed by atoms with Gasteiger partial charge >= 0.3 is 6.18 Å². The number of alkyl halides is 3. The maximum absolute atomic E-state index is 12.9. The monoisotopic (exact) mass is 405 g/mol. The van der Waals surface area contributed by atoms with Crippen LogP contribution in [0.1, 0.15) is 36.6 Å². The summed E-state index contributed by atoms with van der Waals surface area (Å²) < 4.78 is 44.0. The highest BCUT2D eigenvalue weighted by Crippen LogP contribution is 2.40. The lowest BCUT2D eigenvalue weighted by atomic mass is 9.96. The first kappa shape index (κ1) is 19.7. The minimum atomic E-state index is -4.38. The zero-order chi connectivity index (χ0) is 20.8. The number of hydrogen-bond acceptors (Lipinski definition) is 4. The Morgan fingerprint density at radius 1 is 1.24 bits per heavy atom. The lowest BCUT2D eigenvalue weighted by molar-refractivity contribution is -0.137. The van der Waals surface area contributed by atoms with Gasteiger partial charge in [-0.3, -0.25) is 15.1 Å². The molecule has 29 heavy (non-hydrogen) atoms. The van der Waals surface area contributed by atoms with E-state index in [0.717, 1.165) is 43.6 Å². The van der Waals surface area contributed by atoms with Crippen LogP contribution < -0.4 is 10.1 Å². The summed E-state index contributed by atoms with van der Waals surface area (Å²) in [6, 6.07) is 6.73. The number of amides is 1. The first-order chi connectivity index (χ1) is 13.7. The molecule has 0 bridgehead atoms. The average Bonchev–Trinajstić information content (AvgIpc) is 3.27. The highest BCUT2D eigenvalue weighted by molar-refractivity contribution is 5.88. The van der Waals surface area contributed by atoms with E-state index in [1.165, 1.54) is 19.2 Å². The van der Waals surface area contributed by atoms with Crippen LogP contribution in [0.25, 0.3) is 11.1 Å². The Morgan fingerprint density at radius 2 is 1.97 bits per heavy atom. The number of ether oxygens (including phenoxy) is 1. The van der Waals surface area contributed by atoms with Gasteiger partial charge in [-0.15, -0.1) is 0 Å². The van der Waals surface area contributed by atoms with E-state index in [1.807, 2.05) is 6.07 Å². The number of hydrogen-bond donors (Lipinski definition) is 1. The van der Waals surface area contributed by atoms with Crippen LogP contribution in [0.5, 0.6) is 5.75 Å². The fraction of sp³-hybridized carbons (Fsp3) is 0.429. The van der Waals surface area contributed by atoms with Gasteiger partial charge in [-0.1, -0.05) is 12.1 Å². The highest BCUT2D eigenvalue weighted by atomic mass is 19.4. The molecule has 1 aromatic carbocycles. The molecule has 3 heterocycles. The molecule has 0 aliphatic carbocycles. The maximum atomic E-state index is 12.9. The van der Waals surface area contributed by atoms with Gasteiger partial charge in [0.2, 0.25) is 5.91 Å². The van der Waals surface area contributed by atoms with Crippen LogP contribution in [0.4, 0.5) is 13.2 Å². The van der Waals surface area contributed by atoms with Crippen molar-refractivity contribution in [3.8, 4) is 16.9 Å². The Morgan fingerprint density at radius 3 is 2.55 bits per heavy atom. The van der Waals surface area contributed by atoms with E-state index in [0.29, 0.717) is 16.9 Å². The molecule has 8 heteroatoms. The number of benzene rings is 1. The van der Waals surface area contributed by atoms with Crippen molar-refractivity contribution in [1.29, 1.82) is 0 Å². The predicted molar refractivity (Wildman–Crippen MR) is 101 cm³/mol. The Balaban J connectivity index is 1.64. The number of likely N-dealkylation sites (tertiary alicyclic amines) is 1. The average molecular weight is 405 g/mol. The van der Waals surface area contributed by atoms with Gasteiger partial charge in [-0.2, -0.15) is 13.2 Å². The van der Waals surface area contributed by atoms with Gasteiger partial charge in [0.15, 0.2) is 0 Å². The number of halogens is 3. The fourth-order valence-electron chi connectivity index (χ4n) is 4.27. The molecule has 2 aliphatic heterocycles. The minimum Gasteiger partial charge on any atom is -0.494 e. The van der Waals surface area contributed by atoms with E-state index in [4.69, 9.17) is 4.74 Å². The van der Waals surface area contributed by atoms with E-state index >= 15 is 0 Å². The van der Waals surface area contributed by atoms with Crippen molar-refractivity contribution >= 4 is 5.91 Å². The quantitative estimate of drug-likeness (QED) is 0.844. The first-order valence-corrected chi connectivity index (χ1v) is 9.48. The Bertz CT molecular complexity index is 930. The van der Waals surface area contributed by atoms with Crippen molar-refractivity contribution in [2.45, 2.75) is 37.0 Å². The number of rotatable bonds is 3. The largest absolute Gasteiger partial charge is 0.494 e. The summed E-state index contributed by atoms with van der Waals surface area (Å²) in [5, 5.41) is 3.46. The number of carbonyl (C=O) groups is 1. The van der Waals surface area contributed by atoms with E-state index in [-0.39, 0.29) is 11.9 Å². The first-order valence-electron chi connectivity index (χ1n) is 9.48. The molecule has 2 atom stereocenters. The maximum Gasteiger partial charge on any atom is 0.416 e. The zero-order valence-electron chi connectivity index (χ0n) is 16.2. The van der Waals surface area contributed by atoms with Crippen LogP contribution in [0.15, 0.2) is 36.5 Å². The molecule has 2 saturated heterocycles. The van der Waals surface area contributed by atoms with E-state index in [9.17, 15) is 18.0 Å². The normalized spacial score (nSPS) is 24.5. The molecule has 5 nitrogen and oxygen atoms in total. The van der Waals surface area contributed by atoms with Crippen molar-refractivity contribution in [3.63, 3.8) is 0 Å². The van der Waals surface area contributed by atoms with E-state index in [2.05, 4.69) is 10.3 Å². The van der Waals surface area contributed by atoms with Gasteiger partial charge in [-0.25, -0.2) is 0 Å². The van der Waals surface area contributed by atoms with E-state index in [1.54, 1.807) is 18.1 Å². The molecule has 154 valence electrons. The predicted octanol–water partition coefficient (Wildman–Crippen LogP) is 3.80. The molecule has 0 radical (unpaired) electrons.